The molecule has 1 aromatic carbocycles. The van der Waals surface area contributed by atoms with Gasteiger partial charge in [-0.05, 0) is 43.2 Å². The summed E-state index contributed by atoms with van der Waals surface area (Å²) in [6.45, 7) is 5.98. The molecule has 0 fully saturated rings. The molecule has 0 N–H and O–H groups in total. The van der Waals surface area contributed by atoms with Crippen molar-refractivity contribution in [2.75, 3.05) is 0 Å². The van der Waals surface area contributed by atoms with Crippen molar-refractivity contribution in [1.82, 2.24) is 0 Å². The van der Waals surface area contributed by atoms with E-state index >= 15 is 0 Å². The lowest BCUT2D eigenvalue weighted by Crippen LogP contribution is -1.88. The topological polar surface area (TPSA) is 0 Å². The maximum atomic E-state index is 3.75. The molecule has 0 aliphatic rings. The Bertz CT molecular complexity index is 294. The van der Waals surface area contributed by atoms with Crippen LogP contribution < -0.4 is 0 Å². The van der Waals surface area contributed by atoms with Crippen LogP contribution in [0.15, 0.2) is 36.9 Å². The molecular weight excluding hydrogens is 204 g/mol. The highest BCUT2D eigenvalue weighted by atomic mass is 14.0. The molecule has 94 valence electrons. The van der Waals surface area contributed by atoms with Gasteiger partial charge in [0.25, 0.3) is 0 Å². The molecule has 0 spiro atoms. The molecule has 0 aliphatic carbocycles. The van der Waals surface area contributed by atoms with Crippen LogP contribution in [0.2, 0.25) is 0 Å². The van der Waals surface area contributed by atoms with Gasteiger partial charge in [-0.1, -0.05) is 56.5 Å². The smallest absolute Gasteiger partial charge is 0.0279 e. The van der Waals surface area contributed by atoms with Crippen molar-refractivity contribution in [3.05, 3.63) is 48.0 Å². The van der Waals surface area contributed by atoms with E-state index in [0.29, 0.717) is 0 Å². The summed E-state index contributed by atoms with van der Waals surface area (Å²) < 4.78 is 0. The van der Waals surface area contributed by atoms with Gasteiger partial charge in [-0.3, -0.25) is 0 Å². The van der Waals surface area contributed by atoms with Crippen LogP contribution in [0, 0.1) is 0 Å². The first kappa shape index (κ1) is 14.0. The lowest BCUT2D eigenvalue weighted by Gasteiger charge is -2.03. The number of allylic oxidation sites excluding steroid dienone is 1. The second-order valence-electron chi connectivity index (χ2n) is 4.81. The zero-order valence-electron chi connectivity index (χ0n) is 11.3. The number of benzene rings is 1. The van der Waals surface area contributed by atoms with Crippen LogP contribution in [0.4, 0.5) is 0 Å². The van der Waals surface area contributed by atoms with E-state index in [4.69, 9.17) is 0 Å². The summed E-state index contributed by atoms with van der Waals surface area (Å²) in [5, 5.41) is 0. The van der Waals surface area contributed by atoms with E-state index in [1.165, 1.54) is 62.5 Å². The van der Waals surface area contributed by atoms with Crippen LogP contribution in [0.1, 0.15) is 56.6 Å². The van der Waals surface area contributed by atoms with Crippen LogP contribution in [0.5, 0.6) is 0 Å². The summed E-state index contributed by atoms with van der Waals surface area (Å²) >= 11 is 0. The van der Waals surface area contributed by atoms with E-state index in [1.54, 1.807) is 0 Å². The van der Waals surface area contributed by atoms with Gasteiger partial charge >= 0.3 is 0 Å². The summed E-state index contributed by atoms with van der Waals surface area (Å²) in [4.78, 5) is 0. The molecule has 0 saturated heterocycles. The van der Waals surface area contributed by atoms with Gasteiger partial charge in [-0.2, -0.15) is 0 Å². The molecule has 0 aliphatic heterocycles. The normalized spacial score (nSPS) is 10.4. The molecule has 0 heteroatoms. The fourth-order valence-electron chi connectivity index (χ4n) is 2.13. The van der Waals surface area contributed by atoms with E-state index in [-0.39, 0.29) is 0 Å². The van der Waals surface area contributed by atoms with Gasteiger partial charge in [0.1, 0.15) is 0 Å². The molecular formula is C17H26. The number of rotatable bonds is 9. The maximum Gasteiger partial charge on any atom is -0.0279 e. The number of aryl methyl sites for hydroxylation is 2. The molecule has 0 saturated carbocycles. The fraction of sp³-hybridized carbons (Fsp3) is 0.529. The minimum atomic E-state index is 1.17. The number of unbranched alkanes of at least 4 members (excludes halogenated alkanes) is 4. The molecule has 0 radical (unpaired) electrons. The first-order valence-electron chi connectivity index (χ1n) is 7.05. The predicted molar refractivity (Wildman–Crippen MR) is 77.4 cm³/mol. The Kier molecular flexibility index (Phi) is 7.46. The van der Waals surface area contributed by atoms with E-state index < -0.39 is 0 Å². The van der Waals surface area contributed by atoms with Crippen molar-refractivity contribution < 1.29 is 0 Å². The number of hydrogen-bond acceptors (Lipinski definition) is 0. The minimum Gasteiger partial charge on any atom is -0.103 e. The lowest BCUT2D eigenvalue weighted by molar-refractivity contribution is 0.646. The molecule has 1 rings (SSSR count). The SMILES string of the molecule is C=CCCCCCCc1ccc(CCC)cc1. The molecule has 0 aromatic heterocycles. The zero-order chi connectivity index (χ0) is 12.3. The first-order valence-corrected chi connectivity index (χ1v) is 7.05. The van der Waals surface area contributed by atoms with Gasteiger partial charge in [0.2, 0.25) is 0 Å². The van der Waals surface area contributed by atoms with Gasteiger partial charge in [-0.25, -0.2) is 0 Å². The van der Waals surface area contributed by atoms with Gasteiger partial charge in [0.15, 0.2) is 0 Å². The minimum absolute atomic E-state index is 1.17. The highest BCUT2D eigenvalue weighted by Crippen LogP contribution is 2.11. The summed E-state index contributed by atoms with van der Waals surface area (Å²) in [6.07, 6.45) is 12.2. The van der Waals surface area contributed by atoms with E-state index in [9.17, 15) is 0 Å². The second-order valence-corrected chi connectivity index (χ2v) is 4.81. The van der Waals surface area contributed by atoms with E-state index in [0.717, 1.165) is 0 Å². The second kappa shape index (κ2) is 9.04. The summed E-state index contributed by atoms with van der Waals surface area (Å²) in [5.41, 5.74) is 2.97. The number of hydrogen-bond donors (Lipinski definition) is 0. The maximum absolute atomic E-state index is 3.75. The predicted octanol–water partition coefficient (Wildman–Crippen LogP) is 5.32. The van der Waals surface area contributed by atoms with E-state index in [1.807, 2.05) is 6.08 Å². The molecule has 0 nitrogen and oxygen atoms in total. The molecule has 1 aromatic rings. The summed E-state index contributed by atoms with van der Waals surface area (Å²) in [6, 6.07) is 9.18. The highest BCUT2D eigenvalue weighted by Gasteiger charge is 1.95. The lowest BCUT2D eigenvalue weighted by atomic mass is 10.0. The first-order chi connectivity index (χ1) is 8.36. The van der Waals surface area contributed by atoms with Crippen molar-refractivity contribution in [3.8, 4) is 0 Å². The molecule has 0 atom stereocenters. The van der Waals surface area contributed by atoms with Gasteiger partial charge < -0.3 is 0 Å². The van der Waals surface area contributed by atoms with Crippen molar-refractivity contribution in [2.45, 2.75) is 58.3 Å². The third-order valence-corrected chi connectivity index (χ3v) is 3.19. The third kappa shape index (κ3) is 6.31. The highest BCUT2D eigenvalue weighted by molar-refractivity contribution is 5.22. The Morgan fingerprint density at radius 3 is 2.06 bits per heavy atom. The third-order valence-electron chi connectivity index (χ3n) is 3.19. The van der Waals surface area contributed by atoms with Gasteiger partial charge in [0.05, 0.1) is 0 Å². The van der Waals surface area contributed by atoms with Crippen molar-refractivity contribution >= 4 is 0 Å². The van der Waals surface area contributed by atoms with Crippen LogP contribution in [0.3, 0.4) is 0 Å². The molecule has 0 unspecified atom stereocenters. The summed E-state index contributed by atoms with van der Waals surface area (Å²) in [5.74, 6) is 0. The Labute approximate surface area is 107 Å². The Morgan fingerprint density at radius 1 is 0.882 bits per heavy atom. The Morgan fingerprint density at radius 2 is 1.47 bits per heavy atom. The standard InChI is InChI=1S/C17H26/c1-3-5-6-7-8-9-11-17-14-12-16(10-4-2)13-15-17/h3,12-15H,1,4-11H2,2H3. The van der Waals surface area contributed by atoms with Gasteiger partial charge in [-0.15, -0.1) is 6.58 Å². The van der Waals surface area contributed by atoms with Crippen LogP contribution >= 0.6 is 0 Å². The quantitative estimate of drug-likeness (QED) is 0.398. The van der Waals surface area contributed by atoms with E-state index in [2.05, 4.69) is 37.8 Å². The van der Waals surface area contributed by atoms with Crippen molar-refractivity contribution in [2.24, 2.45) is 0 Å². The molecule has 17 heavy (non-hydrogen) atoms. The molecule has 0 bridgehead atoms. The molecule has 0 heterocycles. The zero-order valence-corrected chi connectivity index (χ0v) is 11.3. The Balaban J connectivity index is 2.16. The monoisotopic (exact) mass is 230 g/mol. The van der Waals surface area contributed by atoms with Crippen LogP contribution in [-0.4, -0.2) is 0 Å². The van der Waals surface area contributed by atoms with Gasteiger partial charge in [0, 0.05) is 0 Å². The van der Waals surface area contributed by atoms with Crippen LogP contribution in [0.25, 0.3) is 0 Å². The van der Waals surface area contributed by atoms with Crippen molar-refractivity contribution in [3.63, 3.8) is 0 Å². The largest absolute Gasteiger partial charge is 0.103 e. The van der Waals surface area contributed by atoms with Crippen LogP contribution in [-0.2, 0) is 12.8 Å². The average molecular weight is 230 g/mol. The molecule has 0 amide bonds. The Hall–Kier alpha value is -1.04. The fourth-order valence-corrected chi connectivity index (χ4v) is 2.13. The summed E-state index contributed by atoms with van der Waals surface area (Å²) in [7, 11) is 0. The average Bonchev–Trinajstić information content (AvgIpc) is 2.36. The van der Waals surface area contributed by atoms with Crippen molar-refractivity contribution in [1.29, 1.82) is 0 Å².